The number of nitriles is 1. The minimum absolute atomic E-state index is 0.0480. The Kier molecular flexibility index (Phi) is 5.52. The van der Waals surface area contributed by atoms with Gasteiger partial charge >= 0.3 is 0 Å². The lowest BCUT2D eigenvalue weighted by atomic mass is 9.77. The summed E-state index contributed by atoms with van der Waals surface area (Å²) in [6, 6.07) is 11.6. The molecule has 3 aromatic rings. The Morgan fingerprint density at radius 1 is 1.29 bits per heavy atom. The normalized spacial score (nSPS) is 21.0. The van der Waals surface area contributed by atoms with Gasteiger partial charge in [-0.3, -0.25) is 15.1 Å². The van der Waals surface area contributed by atoms with Crippen molar-refractivity contribution in [1.29, 1.82) is 10.7 Å². The molecule has 7 nitrogen and oxygen atoms in total. The van der Waals surface area contributed by atoms with Crippen molar-refractivity contribution < 1.29 is 4.79 Å². The average molecular weight is 449 g/mol. The summed E-state index contributed by atoms with van der Waals surface area (Å²) in [5.74, 6) is -0.737. The minimum Gasteiger partial charge on any atom is -0.345 e. The number of aromatic nitrogens is 2. The summed E-state index contributed by atoms with van der Waals surface area (Å²) in [6.07, 6.45) is 5.28. The van der Waals surface area contributed by atoms with E-state index in [0.29, 0.717) is 16.3 Å². The van der Waals surface area contributed by atoms with Crippen LogP contribution in [0.1, 0.15) is 28.8 Å². The summed E-state index contributed by atoms with van der Waals surface area (Å²) in [5.41, 5.74) is 2.34. The van der Waals surface area contributed by atoms with Gasteiger partial charge in [-0.2, -0.15) is 5.26 Å². The highest BCUT2D eigenvalue weighted by molar-refractivity contribution is 7.98. The fourth-order valence-corrected chi connectivity index (χ4v) is 5.12. The minimum atomic E-state index is -0.847. The van der Waals surface area contributed by atoms with Crippen LogP contribution in [0.4, 0.5) is 0 Å². The first kappa shape index (κ1) is 21.0. The van der Waals surface area contributed by atoms with Gasteiger partial charge in [0.1, 0.15) is 0 Å². The van der Waals surface area contributed by atoms with Crippen LogP contribution in [-0.4, -0.2) is 40.0 Å². The van der Waals surface area contributed by atoms with Crippen molar-refractivity contribution in [1.82, 2.24) is 20.2 Å². The van der Waals surface area contributed by atoms with Crippen LogP contribution in [0.15, 0.2) is 53.3 Å². The molecule has 9 heteroatoms. The number of amides is 1. The second-order valence-electron chi connectivity index (χ2n) is 7.40. The molecule has 0 saturated carbocycles. The summed E-state index contributed by atoms with van der Waals surface area (Å²) in [7, 11) is 1.59. The molecule has 2 aromatic heterocycles. The van der Waals surface area contributed by atoms with Crippen LogP contribution >= 0.6 is 23.1 Å². The van der Waals surface area contributed by atoms with Gasteiger partial charge in [0.25, 0.3) is 0 Å². The third kappa shape index (κ3) is 3.69. The Morgan fingerprint density at radius 2 is 2.03 bits per heavy atom. The van der Waals surface area contributed by atoms with Crippen LogP contribution in [0.3, 0.4) is 0 Å². The molecule has 1 aliphatic rings. The van der Waals surface area contributed by atoms with Gasteiger partial charge in [0.15, 0.2) is 11.1 Å². The maximum atomic E-state index is 13.3. The number of benzene rings is 1. The molecule has 1 unspecified atom stereocenters. The molecule has 1 fully saturated rings. The number of guanidine groups is 1. The Labute approximate surface area is 188 Å². The molecule has 1 amide bonds. The largest absolute Gasteiger partial charge is 0.345 e. The number of thiophene rings is 1. The summed E-state index contributed by atoms with van der Waals surface area (Å²) in [5, 5.41) is 23.4. The van der Waals surface area contributed by atoms with Gasteiger partial charge in [0.05, 0.1) is 23.1 Å². The van der Waals surface area contributed by atoms with Crippen molar-refractivity contribution in [2.45, 2.75) is 23.5 Å². The molecule has 1 aromatic carbocycles. The van der Waals surface area contributed by atoms with E-state index in [9.17, 15) is 10.1 Å². The van der Waals surface area contributed by atoms with Crippen molar-refractivity contribution >= 4 is 35.0 Å². The van der Waals surface area contributed by atoms with Gasteiger partial charge in [-0.15, -0.1) is 11.3 Å². The summed E-state index contributed by atoms with van der Waals surface area (Å²) in [4.78, 5) is 24.2. The van der Waals surface area contributed by atoms with Crippen LogP contribution in [0, 0.1) is 16.7 Å². The lowest BCUT2D eigenvalue weighted by Crippen LogP contribution is -2.62. The Bertz CT molecular complexity index is 1200. The van der Waals surface area contributed by atoms with Crippen LogP contribution in [-0.2, 0) is 10.3 Å². The van der Waals surface area contributed by atoms with Crippen LogP contribution < -0.4 is 5.32 Å². The van der Waals surface area contributed by atoms with Gasteiger partial charge in [-0.1, -0.05) is 23.9 Å². The molecule has 0 radical (unpaired) electrons. The number of carbonyl (C=O) groups is 1. The van der Waals surface area contributed by atoms with Crippen molar-refractivity contribution in [3.05, 3.63) is 64.1 Å². The molecule has 3 heterocycles. The molecule has 0 bridgehead atoms. The third-order valence-corrected chi connectivity index (χ3v) is 7.21. The van der Waals surface area contributed by atoms with Crippen molar-refractivity contribution in [2.75, 3.05) is 13.3 Å². The SMILES string of the molecule is CSc1ncc(C2C(=O)N(C)C(=N)N[C@]2(C)c2cc(-c3cccc(C#N)c3)cs2)cn1. The predicted octanol–water partition coefficient (Wildman–Crippen LogP) is 3.79. The Balaban J connectivity index is 1.79. The van der Waals surface area contributed by atoms with E-state index >= 15 is 0 Å². The van der Waals surface area contributed by atoms with Gasteiger partial charge in [-0.05, 0) is 47.9 Å². The molecule has 4 rings (SSSR count). The number of likely N-dealkylation sites (N-methyl/N-ethyl adjacent to an activating group) is 1. The number of hydrogen-bond acceptors (Lipinski definition) is 7. The summed E-state index contributed by atoms with van der Waals surface area (Å²) in [6.45, 7) is 1.93. The van der Waals surface area contributed by atoms with Crippen LogP contribution in [0.2, 0.25) is 0 Å². The number of nitrogens with zero attached hydrogens (tertiary/aromatic N) is 4. The Morgan fingerprint density at radius 3 is 2.71 bits per heavy atom. The molecule has 2 N–H and O–H groups in total. The fourth-order valence-electron chi connectivity index (χ4n) is 3.74. The summed E-state index contributed by atoms with van der Waals surface area (Å²) < 4.78 is 0. The monoisotopic (exact) mass is 448 g/mol. The zero-order valence-electron chi connectivity index (χ0n) is 17.2. The highest BCUT2D eigenvalue weighted by Crippen LogP contribution is 2.44. The second kappa shape index (κ2) is 8.13. The van der Waals surface area contributed by atoms with E-state index in [4.69, 9.17) is 5.41 Å². The van der Waals surface area contributed by atoms with Gasteiger partial charge in [0, 0.05) is 29.9 Å². The van der Waals surface area contributed by atoms with Gasteiger partial charge in [-0.25, -0.2) is 9.97 Å². The smallest absolute Gasteiger partial charge is 0.239 e. The van der Waals surface area contributed by atoms with E-state index < -0.39 is 11.5 Å². The number of hydrogen-bond donors (Lipinski definition) is 2. The second-order valence-corrected chi connectivity index (χ2v) is 9.09. The van der Waals surface area contributed by atoms with E-state index in [1.165, 1.54) is 28.0 Å². The molecular weight excluding hydrogens is 428 g/mol. The highest BCUT2D eigenvalue weighted by atomic mass is 32.2. The zero-order valence-corrected chi connectivity index (χ0v) is 18.8. The van der Waals surface area contributed by atoms with Gasteiger partial charge < -0.3 is 5.32 Å². The zero-order chi connectivity index (χ0) is 22.2. The molecular formula is C22H20N6OS2. The van der Waals surface area contributed by atoms with Crippen molar-refractivity contribution in [3.63, 3.8) is 0 Å². The molecule has 0 spiro atoms. The highest BCUT2D eigenvalue weighted by Gasteiger charge is 2.49. The topological polar surface area (TPSA) is 106 Å². The number of thioether (sulfide) groups is 1. The quantitative estimate of drug-likeness (QED) is 0.465. The number of nitrogens with one attached hydrogen (secondary N) is 2. The number of rotatable bonds is 4. The third-order valence-electron chi connectivity index (χ3n) is 5.47. The Hall–Kier alpha value is -3.22. The van der Waals surface area contributed by atoms with E-state index in [2.05, 4.69) is 21.4 Å². The van der Waals surface area contributed by atoms with Crippen molar-refractivity contribution in [3.8, 4) is 17.2 Å². The van der Waals surface area contributed by atoms with Crippen molar-refractivity contribution in [2.24, 2.45) is 0 Å². The first-order valence-corrected chi connectivity index (χ1v) is 11.6. The van der Waals surface area contributed by atoms with Crippen LogP contribution in [0.5, 0.6) is 0 Å². The van der Waals surface area contributed by atoms with E-state index in [-0.39, 0.29) is 11.9 Å². The predicted molar refractivity (Wildman–Crippen MR) is 122 cm³/mol. The average Bonchev–Trinajstić information content (AvgIpc) is 3.29. The summed E-state index contributed by atoms with van der Waals surface area (Å²) >= 11 is 2.95. The maximum absolute atomic E-state index is 13.3. The lowest BCUT2D eigenvalue weighted by molar-refractivity contribution is -0.131. The molecule has 1 saturated heterocycles. The first-order valence-electron chi connectivity index (χ1n) is 9.47. The molecule has 2 atom stereocenters. The van der Waals surface area contributed by atoms with E-state index in [1.807, 2.05) is 42.8 Å². The van der Waals surface area contributed by atoms with E-state index in [1.54, 1.807) is 25.5 Å². The molecule has 156 valence electrons. The number of carbonyl (C=O) groups excluding carboxylic acids is 1. The first-order chi connectivity index (χ1) is 14.9. The molecule has 1 aliphatic heterocycles. The van der Waals surface area contributed by atoms with Crippen LogP contribution in [0.25, 0.3) is 11.1 Å². The van der Waals surface area contributed by atoms with Gasteiger partial charge in [0.2, 0.25) is 5.91 Å². The fraction of sp³-hybridized carbons (Fsp3) is 0.227. The maximum Gasteiger partial charge on any atom is 0.239 e. The molecule has 0 aliphatic carbocycles. The standard InChI is InChI=1S/C22H20N6OS2/c1-22(17-8-15(12-31-17)14-6-4-5-13(7-14)9-23)18(19(29)28(2)20(24)27-22)16-10-25-21(30-3)26-11-16/h4-8,10-12,18H,1-3H3,(H2,24,27)/t18?,22-/m1/s1. The molecule has 31 heavy (non-hydrogen) atoms. The lowest BCUT2D eigenvalue weighted by Gasteiger charge is -2.44. The van der Waals surface area contributed by atoms with E-state index in [0.717, 1.165) is 16.0 Å².